The molecule has 0 atom stereocenters. The van der Waals surface area contributed by atoms with Gasteiger partial charge in [0.15, 0.2) is 11.6 Å². The second-order valence-corrected chi connectivity index (χ2v) is 4.78. The summed E-state index contributed by atoms with van der Waals surface area (Å²) in [4.78, 5) is 0. The Kier molecular flexibility index (Phi) is 3.35. The van der Waals surface area contributed by atoms with Crippen molar-refractivity contribution in [1.82, 2.24) is 0 Å². The number of benzene rings is 1. The lowest BCUT2D eigenvalue weighted by atomic mass is 9.85. The highest BCUT2D eigenvalue weighted by Gasteiger charge is 2.28. The fourth-order valence-corrected chi connectivity index (χ4v) is 1.57. The van der Waals surface area contributed by atoms with Crippen molar-refractivity contribution >= 4 is 15.9 Å². The van der Waals surface area contributed by atoms with Gasteiger partial charge in [0, 0.05) is 11.0 Å². The van der Waals surface area contributed by atoms with Gasteiger partial charge in [0.2, 0.25) is 5.82 Å². The van der Waals surface area contributed by atoms with Crippen LogP contribution in [0.15, 0.2) is 10.5 Å². The molecule has 1 aromatic carbocycles. The summed E-state index contributed by atoms with van der Waals surface area (Å²) in [6.45, 7) is 2.84. The number of hydrogen-bond acceptors (Lipinski definition) is 2. The fraction of sp³-hybridized carbons (Fsp3) is 0.400. The first kappa shape index (κ1) is 12.4. The lowest BCUT2D eigenvalue weighted by Gasteiger charge is -2.23. The van der Waals surface area contributed by atoms with Crippen LogP contribution in [0.25, 0.3) is 0 Å². The van der Waals surface area contributed by atoms with Crippen molar-refractivity contribution in [3.63, 3.8) is 0 Å². The van der Waals surface area contributed by atoms with Crippen molar-refractivity contribution in [3.8, 4) is 5.75 Å². The number of phenolic OH excluding ortho intramolecular Hbond substituents is 1. The smallest absolute Gasteiger partial charge is 0.201 e. The van der Waals surface area contributed by atoms with Gasteiger partial charge >= 0.3 is 0 Å². The van der Waals surface area contributed by atoms with Crippen molar-refractivity contribution < 1.29 is 19.0 Å². The molecule has 1 rings (SSSR count). The van der Waals surface area contributed by atoms with Crippen molar-refractivity contribution in [1.29, 1.82) is 0 Å². The number of phenols is 1. The van der Waals surface area contributed by atoms with Gasteiger partial charge in [-0.05, 0) is 22.0 Å². The fourth-order valence-electron chi connectivity index (χ4n) is 1.16. The van der Waals surface area contributed by atoms with Crippen molar-refractivity contribution in [2.24, 2.45) is 0 Å². The van der Waals surface area contributed by atoms with Crippen LogP contribution in [0.2, 0.25) is 0 Å². The van der Waals surface area contributed by atoms with Gasteiger partial charge < -0.3 is 10.2 Å². The Labute approximate surface area is 94.7 Å². The number of aliphatic hydroxyl groups is 1. The Morgan fingerprint density at radius 3 is 2.33 bits per heavy atom. The van der Waals surface area contributed by atoms with Gasteiger partial charge in [-0.15, -0.1) is 0 Å². The summed E-state index contributed by atoms with van der Waals surface area (Å²) in [7, 11) is 0. The number of hydrogen-bond donors (Lipinski definition) is 2. The first-order valence-corrected chi connectivity index (χ1v) is 5.08. The van der Waals surface area contributed by atoms with Crippen molar-refractivity contribution in [2.75, 3.05) is 6.61 Å². The lowest BCUT2D eigenvalue weighted by Crippen LogP contribution is -2.24. The second-order valence-electron chi connectivity index (χ2n) is 3.92. The van der Waals surface area contributed by atoms with E-state index in [1.165, 1.54) is 6.07 Å². The third-order valence-corrected chi connectivity index (χ3v) is 2.86. The second kappa shape index (κ2) is 4.06. The molecule has 0 amide bonds. The van der Waals surface area contributed by atoms with Crippen LogP contribution in [-0.2, 0) is 5.41 Å². The summed E-state index contributed by atoms with van der Waals surface area (Å²) < 4.78 is 26.7. The Hall–Kier alpha value is -0.680. The number of aliphatic hydroxyl groups excluding tert-OH is 1. The first-order chi connectivity index (χ1) is 6.81. The molecule has 0 aromatic heterocycles. The van der Waals surface area contributed by atoms with Crippen LogP contribution < -0.4 is 0 Å². The third kappa shape index (κ3) is 2.13. The zero-order chi connectivity index (χ0) is 11.8. The molecule has 0 saturated heterocycles. The van der Waals surface area contributed by atoms with Crippen LogP contribution in [0.5, 0.6) is 5.75 Å². The minimum Gasteiger partial charge on any atom is -0.504 e. The lowest BCUT2D eigenvalue weighted by molar-refractivity contribution is 0.213. The molecule has 0 spiro atoms. The van der Waals surface area contributed by atoms with E-state index in [0.29, 0.717) is 0 Å². The van der Waals surface area contributed by atoms with E-state index >= 15 is 0 Å². The number of halogens is 3. The number of rotatable bonds is 2. The molecule has 0 fully saturated rings. The predicted molar refractivity (Wildman–Crippen MR) is 55.8 cm³/mol. The molecule has 15 heavy (non-hydrogen) atoms. The van der Waals surface area contributed by atoms with E-state index in [4.69, 9.17) is 10.2 Å². The maximum atomic E-state index is 13.5. The SMILES string of the molecule is CC(C)(CO)c1cc(Br)c(O)c(F)c1F. The van der Waals surface area contributed by atoms with Gasteiger partial charge in [0.05, 0.1) is 11.1 Å². The minimum atomic E-state index is -1.30. The maximum absolute atomic E-state index is 13.5. The number of aromatic hydroxyl groups is 1. The van der Waals surface area contributed by atoms with Crippen molar-refractivity contribution in [3.05, 3.63) is 27.7 Å². The highest BCUT2D eigenvalue weighted by molar-refractivity contribution is 9.10. The van der Waals surface area contributed by atoms with Crippen LogP contribution in [0.1, 0.15) is 19.4 Å². The maximum Gasteiger partial charge on any atom is 0.201 e. The molecule has 0 heterocycles. The van der Waals surface area contributed by atoms with Crippen LogP contribution in [0.3, 0.4) is 0 Å². The zero-order valence-electron chi connectivity index (χ0n) is 8.31. The molecule has 0 unspecified atom stereocenters. The molecule has 0 aliphatic carbocycles. The molecule has 2 N–H and O–H groups in total. The highest BCUT2D eigenvalue weighted by atomic mass is 79.9. The molecular weight excluding hydrogens is 270 g/mol. The molecule has 5 heteroatoms. The monoisotopic (exact) mass is 280 g/mol. The Morgan fingerprint density at radius 1 is 1.33 bits per heavy atom. The van der Waals surface area contributed by atoms with Gasteiger partial charge in [0.25, 0.3) is 0 Å². The molecule has 0 aliphatic heterocycles. The topological polar surface area (TPSA) is 40.5 Å². The van der Waals surface area contributed by atoms with Crippen molar-refractivity contribution in [2.45, 2.75) is 19.3 Å². The summed E-state index contributed by atoms with van der Waals surface area (Å²) >= 11 is 2.91. The Morgan fingerprint density at radius 2 is 1.87 bits per heavy atom. The molecule has 0 aliphatic rings. The van der Waals surface area contributed by atoms with Crippen LogP contribution >= 0.6 is 15.9 Å². The molecule has 2 nitrogen and oxygen atoms in total. The molecule has 0 saturated carbocycles. The Bertz CT molecular complexity index is 391. The predicted octanol–water partition coefficient (Wildman–Crippen LogP) is 2.70. The van der Waals surface area contributed by atoms with Gasteiger partial charge in [-0.3, -0.25) is 0 Å². The summed E-state index contributed by atoms with van der Waals surface area (Å²) in [5.41, 5.74) is -0.881. The first-order valence-electron chi connectivity index (χ1n) is 4.29. The molecule has 84 valence electrons. The average molecular weight is 281 g/mol. The highest BCUT2D eigenvalue weighted by Crippen LogP contribution is 2.35. The normalized spacial score (nSPS) is 11.9. The molecular formula is C10H11BrF2O2. The van der Waals surface area contributed by atoms with Gasteiger partial charge in [-0.25, -0.2) is 4.39 Å². The summed E-state index contributed by atoms with van der Waals surface area (Å²) in [5, 5.41) is 18.2. The van der Waals surface area contributed by atoms with Crippen LogP contribution in [0, 0.1) is 11.6 Å². The summed E-state index contributed by atoms with van der Waals surface area (Å²) in [5.74, 6) is -3.19. The van der Waals surface area contributed by atoms with Gasteiger partial charge in [-0.1, -0.05) is 13.8 Å². The van der Waals surface area contributed by atoms with E-state index < -0.39 is 22.8 Å². The zero-order valence-corrected chi connectivity index (χ0v) is 9.90. The minimum absolute atomic E-state index is 0.0205. The van der Waals surface area contributed by atoms with E-state index in [-0.39, 0.29) is 16.6 Å². The van der Waals surface area contributed by atoms with E-state index in [2.05, 4.69) is 15.9 Å². The largest absolute Gasteiger partial charge is 0.504 e. The van der Waals surface area contributed by atoms with Crippen LogP contribution in [-0.4, -0.2) is 16.8 Å². The van der Waals surface area contributed by atoms with E-state index in [1.807, 2.05) is 0 Å². The van der Waals surface area contributed by atoms with E-state index in [1.54, 1.807) is 13.8 Å². The van der Waals surface area contributed by atoms with E-state index in [0.717, 1.165) is 0 Å². The summed E-state index contributed by atoms with van der Waals surface area (Å²) in [6, 6.07) is 1.27. The Balaban J connectivity index is 3.45. The molecule has 1 aromatic rings. The molecule has 0 radical (unpaired) electrons. The van der Waals surface area contributed by atoms with Crippen LogP contribution in [0.4, 0.5) is 8.78 Å². The average Bonchev–Trinajstić information content (AvgIpc) is 2.20. The standard InChI is InChI=1S/C10H11BrF2O2/c1-10(2,4-14)5-3-6(11)9(15)8(13)7(5)12/h3,14-15H,4H2,1-2H3. The van der Waals surface area contributed by atoms with Gasteiger partial charge in [-0.2, -0.15) is 4.39 Å². The third-order valence-electron chi connectivity index (χ3n) is 2.26. The molecule has 0 bridgehead atoms. The summed E-state index contributed by atoms with van der Waals surface area (Å²) in [6.07, 6.45) is 0. The quantitative estimate of drug-likeness (QED) is 0.818. The van der Waals surface area contributed by atoms with E-state index in [9.17, 15) is 8.78 Å². The van der Waals surface area contributed by atoms with Gasteiger partial charge in [0.1, 0.15) is 0 Å².